The maximum Gasteiger partial charge on any atom is 0.251 e. The van der Waals surface area contributed by atoms with Gasteiger partial charge in [-0.2, -0.15) is 10.2 Å². The maximum absolute atomic E-state index is 11.8. The molecular weight excluding hydrogens is 496 g/mol. The lowest BCUT2D eigenvalue weighted by molar-refractivity contribution is -0.117. The van der Waals surface area contributed by atoms with Crippen LogP contribution in [0.15, 0.2) is 60.9 Å². The number of carbonyl (C=O) groups excluding carboxylic acids is 1. The third-order valence-corrected chi connectivity index (χ3v) is 6.39. The summed E-state index contributed by atoms with van der Waals surface area (Å²) in [6.45, 7) is 2.69. The third-order valence-electron chi connectivity index (χ3n) is 6.39. The number of nitrogens with zero attached hydrogens (tertiary/aromatic N) is 8. The van der Waals surface area contributed by atoms with Gasteiger partial charge in [-0.1, -0.05) is 24.3 Å². The zero-order chi connectivity index (χ0) is 27.4. The van der Waals surface area contributed by atoms with Crippen LogP contribution in [-0.4, -0.2) is 54.5 Å². The number of benzene rings is 2. The lowest BCUT2D eigenvalue weighted by atomic mass is 10.1. The van der Waals surface area contributed by atoms with Gasteiger partial charge in [-0.05, 0) is 42.3 Å². The quantitative estimate of drug-likeness (QED) is 0.254. The van der Waals surface area contributed by atoms with E-state index in [0.717, 1.165) is 22.6 Å². The van der Waals surface area contributed by atoms with Gasteiger partial charge in [0, 0.05) is 33.0 Å². The molecule has 0 bridgehead atoms. The van der Waals surface area contributed by atoms with Gasteiger partial charge in [0.25, 0.3) is 5.95 Å². The Hall–Kier alpha value is -4.80. The number of Topliss-reactive ketones (excluding diaryl/α,β-unsaturated/α-hetero) is 1. The van der Waals surface area contributed by atoms with Crippen molar-refractivity contribution in [3.63, 3.8) is 0 Å². The number of aromatic nitrogens is 7. The first-order valence-electron chi connectivity index (χ1n) is 12.6. The molecule has 2 aromatic carbocycles. The van der Waals surface area contributed by atoms with E-state index in [1.807, 2.05) is 60.1 Å². The Morgan fingerprint density at radius 1 is 0.846 bits per heavy atom. The number of methoxy groups -OCH3 is 2. The molecule has 11 nitrogen and oxygen atoms in total. The minimum Gasteiger partial charge on any atom is -0.497 e. The summed E-state index contributed by atoms with van der Waals surface area (Å²) >= 11 is 0. The highest BCUT2D eigenvalue weighted by Crippen LogP contribution is 2.29. The Morgan fingerprint density at radius 3 is 1.92 bits per heavy atom. The van der Waals surface area contributed by atoms with Crippen LogP contribution in [0.5, 0.6) is 11.5 Å². The van der Waals surface area contributed by atoms with Crippen molar-refractivity contribution in [2.75, 3.05) is 19.1 Å². The van der Waals surface area contributed by atoms with Gasteiger partial charge in [0.05, 0.1) is 26.6 Å². The molecule has 0 unspecified atom stereocenters. The fourth-order valence-electron chi connectivity index (χ4n) is 4.31. The molecule has 0 aliphatic heterocycles. The summed E-state index contributed by atoms with van der Waals surface area (Å²) in [5.41, 5.74) is 3.41. The molecule has 0 amide bonds. The number of ketones is 1. The molecule has 0 radical (unpaired) electrons. The molecule has 0 N–H and O–H groups in total. The molecular formula is C28H30N8O3. The van der Waals surface area contributed by atoms with Crippen molar-refractivity contribution >= 4 is 22.8 Å². The Labute approximate surface area is 226 Å². The molecule has 5 rings (SSSR count). The lowest BCUT2D eigenvalue weighted by Gasteiger charge is -2.25. The topological polar surface area (TPSA) is 113 Å². The zero-order valence-corrected chi connectivity index (χ0v) is 22.4. The molecule has 39 heavy (non-hydrogen) atoms. The number of imidazole rings is 1. The number of rotatable bonds is 11. The number of ether oxygens (including phenoxy) is 2. The molecule has 0 aliphatic carbocycles. The van der Waals surface area contributed by atoms with E-state index in [1.165, 1.54) is 4.80 Å². The molecule has 0 spiro atoms. The fraction of sp³-hybridized carbons (Fsp3) is 0.286. The van der Waals surface area contributed by atoms with Crippen LogP contribution in [0.25, 0.3) is 17.1 Å². The van der Waals surface area contributed by atoms with E-state index in [0.29, 0.717) is 54.7 Å². The first kappa shape index (κ1) is 25.8. The number of fused-ring (bicyclic) bond motifs is 1. The van der Waals surface area contributed by atoms with Crippen LogP contribution in [0.4, 0.5) is 5.82 Å². The average Bonchev–Trinajstić information content (AvgIpc) is 3.60. The highest BCUT2D eigenvalue weighted by Gasteiger charge is 2.22. The normalized spacial score (nSPS) is 11.1. The van der Waals surface area contributed by atoms with Gasteiger partial charge in [-0.25, -0.2) is 15.0 Å². The van der Waals surface area contributed by atoms with Gasteiger partial charge in [-0.15, -0.1) is 4.80 Å². The first-order chi connectivity index (χ1) is 18.9. The second-order valence-electron chi connectivity index (χ2n) is 9.18. The van der Waals surface area contributed by atoms with Crippen LogP contribution < -0.4 is 14.4 Å². The summed E-state index contributed by atoms with van der Waals surface area (Å²) in [5, 5.41) is 8.52. The Kier molecular flexibility index (Phi) is 7.48. The highest BCUT2D eigenvalue weighted by molar-refractivity contribution is 5.85. The van der Waals surface area contributed by atoms with Crippen LogP contribution >= 0.6 is 0 Å². The summed E-state index contributed by atoms with van der Waals surface area (Å²) in [6, 6.07) is 15.9. The summed E-state index contributed by atoms with van der Waals surface area (Å²) in [6.07, 6.45) is 3.98. The molecule has 0 saturated carbocycles. The Balaban J connectivity index is 1.64. The molecule has 0 aliphatic rings. The largest absolute Gasteiger partial charge is 0.497 e. The average molecular weight is 527 g/mol. The molecule has 0 saturated heterocycles. The van der Waals surface area contributed by atoms with Crippen LogP contribution in [-0.2, 0) is 31.4 Å². The number of hydrogen-bond acceptors (Lipinski definition) is 9. The summed E-state index contributed by atoms with van der Waals surface area (Å²) in [4.78, 5) is 30.0. The van der Waals surface area contributed by atoms with Gasteiger partial charge < -0.3 is 19.2 Å². The van der Waals surface area contributed by atoms with Crippen LogP contribution in [0.2, 0.25) is 0 Å². The molecule has 200 valence electrons. The van der Waals surface area contributed by atoms with E-state index in [1.54, 1.807) is 33.5 Å². The van der Waals surface area contributed by atoms with Gasteiger partial charge in [-0.3, -0.25) is 4.57 Å². The second-order valence-corrected chi connectivity index (χ2v) is 9.18. The minimum atomic E-state index is 0.0833. The molecule has 3 aromatic heterocycles. The van der Waals surface area contributed by atoms with E-state index in [9.17, 15) is 4.79 Å². The van der Waals surface area contributed by atoms with Crippen molar-refractivity contribution < 1.29 is 14.3 Å². The van der Waals surface area contributed by atoms with E-state index in [4.69, 9.17) is 24.4 Å². The first-order valence-corrected chi connectivity index (χ1v) is 12.6. The standard InChI is InChI=1S/C28H30N8O3/c1-19(37)5-14-24-31-26-25(33-28(34(26)2)36-29-15-16-30-36)27(32-24)35(17-20-6-10-22(38-3)11-7-20)18-21-8-12-23(39-4)13-9-21/h6-13,15-16H,5,14,17-18H2,1-4H3. The van der Waals surface area contributed by atoms with Gasteiger partial charge in [0.1, 0.15) is 23.1 Å². The van der Waals surface area contributed by atoms with Crippen molar-refractivity contribution in [1.82, 2.24) is 34.5 Å². The maximum atomic E-state index is 11.8. The number of aryl methyl sites for hydroxylation is 2. The highest BCUT2D eigenvalue weighted by atomic mass is 16.5. The van der Waals surface area contributed by atoms with E-state index >= 15 is 0 Å². The van der Waals surface area contributed by atoms with Crippen molar-refractivity contribution in [2.45, 2.75) is 32.9 Å². The molecule has 0 fully saturated rings. The van der Waals surface area contributed by atoms with E-state index in [-0.39, 0.29) is 5.78 Å². The molecule has 11 heteroatoms. The fourth-order valence-corrected chi connectivity index (χ4v) is 4.31. The van der Waals surface area contributed by atoms with Crippen molar-refractivity contribution in [2.24, 2.45) is 7.05 Å². The molecule has 3 heterocycles. The van der Waals surface area contributed by atoms with Gasteiger partial charge >= 0.3 is 0 Å². The third kappa shape index (κ3) is 5.71. The minimum absolute atomic E-state index is 0.0833. The smallest absolute Gasteiger partial charge is 0.251 e. The molecule has 5 aromatic rings. The molecule has 0 atom stereocenters. The summed E-state index contributed by atoms with van der Waals surface area (Å²) < 4.78 is 12.5. The second kappa shape index (κ2) is 11.3. The van der Waals surface area contributed by atoms with Crippen molar-refractivity contribution in [1.29, 1.82) is 0 Å². The number of carbonyl (C=O) groups is 1. The predicted octanol–water partition coefficient (Wildman–Crippen LogP) is 3.69. The lowest BCUT2D eigenvalue weighted by Crippen LogP contribution is -2.24. The van der Waals surface area contributed by atoms with Gasteiger partial charge in [0.2, 0.25) is 0 Å². The van der Waals surface area contributed by atoms with Gasteiger partial charge in [0.15, 0.2) is 17.0 Å². The SMILES string of the molecule is COc1ccc(CN(Cc2ccc(OC)cc2)c2nc(CCC(C)=O)nc3c2nc(-n2nccn2)n3C)cc1. The van der Waals surface area contributed by atoms with E-state index < -0.39 is 0 Å². The zero-order valence-electron chi connectivity index (χ0n) is 22.4. The Bertz CT molecular complexity index is 1510. The summed E-state index contributed by atoms with van der Waals surface area (Å²) in [5.74, 6) is 3.42. The van der Waals surface area contributed by atoms with Crippen molar-refractivity contribution in [3.05, 3.63) is 77.9 Å². The van der Waals surface area contributed by atoms with Crippen LogP contribution in [0.3, 0.4) is 0 Å². The Morgan fingerprint density at radius 2 is 1.41 bits per heavy atom. The van der Waals surface area contributed by atoms with Crippen molar-refractivity contribution in [3.8, 4) is 17.4 Å². The monoisotopic (exact) mass is 526 g/mol. The van der Waals surface area contributed by atoms with Crippen LogP contribution in [0.1, 0.15) is 30.3 Å². The predicted molar refractivity (Wildman–Crippen MR) is 146 cm³/mol. The van der Waals surface area contributed by atoms with E-state index in [2.05, 4.69) is 15.1 Å². The summed E-state index contributed by atoms with van der Waals surface area (Å²) in [7, 11) is 5.17. The number of hydrogen-bond donors (Lipinski definition) is 0. The number of anilines is 1. The van der Waals surface area contributed by atoms with Crippen LogP contribution in [0, 0.1) is 0 Å².